The van der Waals surface area contributed by atoms with Crippen LogP contribution in [0.5, 0.6) is 0 Å². The number of carbonyl (C=O) groups excluding carboxylic acids is 1. The normalized spacial score (nSPS) is 17.8. The van der Waals surface area contributed by atoms with Crippen LogP contribution in [0.4, 0.5) is 0 Å². The van der Waals surface area contributed by atoms with Crippen molar-refractivity contribution in [2.45, 2.75) is 26.3 Å². The number of pyridine rings is 1. The molecule has 1 aromatic carbocycles. The lowest BCUT2D eigenvalue weighted by atomic mass is 10.1. The van der Waals surface area contributed by atoms with Gasteiger partial charge in [-0.3, -0.25) is 14.7 Å². The third-order valence-corrected chi connectivity index (χ3v) is 4.73. The van der Waals surface area contributed by atoms with E-state index in [1.54, 1.807) is 12.4 Å². The molecule has 1 N–H and O–H groups in total. The minimum absolute atomic E-state index is 0.0959. The minimum Gasteiger partial charge on any atom is -0.355 e. The molecule has 2 heterocycles. The monoisotopic (exact) mass is 323 g/mol. The van der Waals surface area contributed by atoms with Gasteiger partial charge in [-0.1, -0.05) is 24.3 Å². The Hall–Kier alpha value is -2.20. The number of nitrogens with zero attached hydrogens (tertiary/aromatic N) is 2. The Bertz CT molecular complexity index is 672. The van der Waals surface area contributed by atoms with Crippen LogP contribution in [0.2, 0.25) is 0 Å². The molecular formula is C20H25N3O. The molecule has 1 aliphatic heterocycles. The van der Waals surface area contributed by atoms with Crippen molar-refractivity contribution in [3.05, 3.63) is 65.5 Å². The molecule has 0 bridgehead atoms. The van der Waals surface area contributed by atoms with E-state index in [4.69, 9.17) is 0 Å². The Morgan fingerprint density at radius 1 is 1.25 bits per heavy atom. The minimum atomic E-state index is 0.0959. The van der Waals surface area contributed by atoms with Gasteiger partial charge in [-0.2, -0.15) is 0 Å². The van der Waals surface area contributed by atoms with Gasteiger partial charge in [0.25, 0.3) is 0 Å². The van der Waals surface area contributed by atoms with Gasteiger partial charge in [0.1, 0.15) is 0 Å². The predicted octanol–water partition coefficient (Wildman–Crippen LogP) is 2.57. The molecule has 1 aliphatic rings. The summed E-state index contributed by atoms with van der Waals surface area (Å²) < 4.78 is 0. The largest absolute Gasteiger partial charge is 0.355 e. The van der Waals surface area contributed by atoms with Gasteiger partial charge in [0.2, 0.25) is 5.91 Å². The molecule has 1 atom stereocenters. The first kappa shape index (κ1) is 16.7. The molecule has 126 valence electrons. The molecule has 0 aliphatic carbocycles. The Balaban J connectivity index is 1.41. The van der Waals surface area contributed by atoms with Gasteiger partial charge in [-0.05, 0) is 54.6 Å². The van der Waals surface area contributed by atoms with Crippen LogP contribution in [0.3, 0.4) is 0 Å². The third-order valence-electron chi connectivity index (χ3n) is 4.73. The molecule has 4 heteroatoms. The van der Waals surface area contributed by atoms with E-state index >= 15 is 0 Å². The number of aromatic nitrogens is 1. The standard InChI is InChI=1S/C20H25N3O/c1-16-4-2-3-5-19(16)15-23-11-8-18(14-23)13-22-20(24)12-17-6-9-21-10-7-17/h2-7,9-10,18H,8,11-15H2,1H3,(H,22,24). The van der Waals surface area contributed by atoms with Crippen LogP contribution < -0.4 is 5.32 Å². The number of benzene rings is 1. The summed E-state index contributed by atoms with van der Waals surface area (Å²) in [6, 6.07) is 12.3. The highest BCUT2D eigenvalue weighted by Crippen LogP contribution is 2.19. The second kappa shape index (κ2) is 8.06. The van der Waals surface area contributed by atoms with E-state index in [-0.39, 0.29) is 5.91 Å². The van der Waals surface area contributed by atoms with Gasteiger partial charge in [0, 0.05) is 32.0 Å². The van der Waals surface area contributed by atoms with E-state index in [0.717, 1.165) is 38.2 Å². The number of nitrogens with one attached hydrogen (secondary N) is 1. The lowest BCUT2D eigenvalue weighted by molar-refractivity contribution is -0.120. The molecule has 1 fully saturated rings. The van der Waals surface area contributed by atoms with Crippen LogP contribution in [0, 0.1) is 12.8 Å². The Morgan fingerprint density at radius 3 is 2.83 bits per heavy atom. The molecule has 1 saturated heterocycles. The summed E-state index contributed by atoms with van der Waals surface area (Å²) in [4.78, 5) is 18.5. The maximum absolute atomic E-state index is 12.0. The highest BCUT2D eigenvalue weighted by atomic mass is 16.1. The summed E-state index contributed by atoms with van der Waals surface area (Å²) >= 11 is 0. The van der Waals surface area contributed by atoms with Crippen LogP contribution in [0.1, 0.15) is 23.1 Å². The fourth-order valence-electron chi connectivity index (χ4n) is 3.26. The zero-order valence-electron chi connectivity index (χ0n) is 14.2. The first-order chi connectivity index (χ1) is 11.7. The molecular weight excluding hydrogens is 298 g/mol. The van der Waals surface area contributed by atoms with Crippen molar-refractivity contribution in [3.8, 4) is 0 Å². The van der Waals surface area contributed by atoms with Gasteiger partial charge >= 0.3 is 0 Å². The fourth-order valence-corrected chi connectivity index (χ4v) is 3.26. The number of rotatable bonds is 6. The van der Waals surface area contributed by atoms with Gasteiger partial charge in [0.05, 0.1) is 6.42 Å². The number of amides is 1. The van der Waals surface area contributed by atoms with E-state index in [1.807, 2.05) is 12.1 Å². The van der Waals surface area contributed by atoms with Gasteiger partial charge in [0.15, 0.2) is 0 Å². The van der Waals surface area contributed by atoms with Crippen molar-refractivity contribution >= 4 is 5.91 Å². The SMILES string of the molecule is Cc1ccccc1CN1CCC(CNC(=O)Cc2ccncc2)C1. The van der Waals surface area contributed by atoms with Crippen LogP contribution in [-0.2, 0) is 17.8 Å². The maximum atomic E-state index is 12.0. The number of hydrogen-bond acceptors (Lipinski definition) is 3. The smallest absolute Gasteiger partial charge is 0.224 e. The van der Waals surface area contributed by atoms with Crippen molar-refractivity contribution in [1.82, 2.24) is 15.2 Å². The highest BCUT2D eigenvalue weighted by molar-refractivity contribution is 5.78. The van der Waals surface area contributed by atoms with E-state index in [2.05, 4.69) is 46.4 Å². The lowest BCUT2D eigenvalue weighted by Gasteiger charge is -2.17. The van der Waals surface area contributed by atoms with Gasteiger partial charge < -0.3 is 5.32 Å². The summed E-state index contributed by atoms with van der Waals surface area (Å²) in [7, 11) is 0. The zero-order chi connectivity index (χ0) is 16.8. The summed E-state index contributed by atoms with van der Waals surface area (Å²) in [5.41, 5.74) is 3.77. The summed E-state index contributed by atoms with van der Waals surface area (Å²) in [6.07, 6.45) is 5.04. The van der Waals surface area contributed by atoms with E-state index in [9.17, 15) is 4.79 Å². The van der Waals surface area contributed by atoms with Crippen LogP contribution >= 0.6 is 0 Å². The second-order valence-corrected chi connectivity index (χ2v) is 6.65. The molecule has 1 amide bonds. The van der Waals surface area contributed by atoms with Crippen molar-refractivity contribution < 1.29 is 4.79 Å². The van der Waals surface area contributed by atoms with Crippen molar-refractivity contribution in [1.29, 1.82) is 0 Å². The van der Waals surface area contributed by atoms with E-state index < -0.39 is 0 Å². The number of carbonyl (C=O) groups is 1. The average Bonchev–Trinajstić information content (AvgIpc) is 3.04. The lowest BCUT2D eigenvalue weighted by Crippen LogP contribution is -2.32. The van der Waals surface area contributed by atoms with E-state index in [1.165, 1.54) is 11.1 Å². The first-order valence-corrected chi connectivity index (χ1v) is 8.63. The van der Waals surface area contributed by atoms with Crippen LogP contribution in [0.25, 0.3) is 0 Å². The van der Waals surface area contributed by atoms with Gasteiger partial charge in [-0.15, -0.1) is 0 Å². The molecule has 24 heavy (non-hydrogen) atoms. The molecule has 1 aromatic heterocycles. The van der Waals surface area contributed by atoms with E-state index in [0.29, 0.717) is 12.3 Å². The van der Waals surface area contributed by atoms with Crippen LogP contribution in [-0.4, -0.2) is 35.4 Å². The second-order valence-electron chi connectivity index (χ2n) is 6.65. The molecule has 2 aromatic rings. The topological polar surface area (TPSA) is 45.2 Å². The molecule has 1 unspecified atom stereocenters. The Morgan fingerprint density at radius 2 is 2.04 bits per heavy atom. The van der Waals surface area contributed by atoms with Crippen molar-refractivity contribution in [3.63, 3.8) is 0 Å². The predicted molar refractivity (Wildman–Crippen MR) is 95.5 cm³/mol. The molecule has 3 rings (SSSR count). The molecule has 4 nitrogen and oxygen atoms in total. The summed E-state index contributed by atoms with van der Waals surface area (Å²) in [5.74, 6) is 0.647. The van der Waals surface area contributed by atoms with Crippen molar-refractivity contribution in [2.75, 3.05) is 19.6 Å². The number of hydrogen-bond donors (Lipinski definition) is 1. The highest BCUT2D eigenvalue weighted by Gasteiger charge is 2.23. The van der Waals surface area contributed by atoms with Gasteiger partial charge in [-0.25, -0.2) is 0 Å². The quantitative estimate of drug-likeness (QED) is 0.889. The average molecular weight is 323 g/mol. The number of likely N-dealkylation sites (tertiary alicyclic amines) is 1. The summed E-state index contributed by atoms with van der Waals surface area (Å²) in [5, 5.41) is 3.08. The maximum Gasteiger partial charge on any atom is 0.224 e. The Kier molecular flexibility index (Phi) is 5.59. The summed E-state index contributed by atoms with van der Waals surface area (Å²) in [6.45, 7) is 6.12. The first-order valence-electron chi connectivity index (χ1n) is 8.63. The Labute approximate surface area is 143 Å². The molecule has 0 radical (unpaired) electrons. The molecule has 0 saturated carbocycles. The number of aryl methyl sites for hydroxylation is 1. The fraction of sp³-hybridized carbons (Fsp3) is 0.400. The zero-order valence-corrected chi connectivity index (χ0v) is 14.2. The molecule has 0 spiro atoms. The third kappa shape index (κ3) is 4.65. The van der Waals surface area contributed by atoms with Crippen LogP contribution in [0.15, 0.2) is 48.8 Å². The van der Waals surface area contributed by atoms with Crippen molar-refractivity contribution in [2.24, 2.45) is 5.92 Å².